The summed E-state index contributed by atoms with van der Waals surface area (Å²) in [4.78, 5) is 0. The van der Waals surface area contributed by atoms with E-state index in [1.807, 2.05) is 6.92 Å². The van der Waals surface area contributed by atoms with Crippen LogP contribution in [-0.4, -0.2) is 12.2 Å². The minimum atomic E-state index is -0.893. The molecule has 0 aliphatic heterocycles. The first-order valence-electron chi connectivity index (χ1n) is 6.28. The molecule has 2 aromatic carbocycles. The lowest BCUT2D eigenvalue weighted by molar-refractivity contribution is 0.177. The van der Waals surface area contributed by atoms with Crippen molar-refractivity contribution < 1.29 is 18.6 Å². The third-order valence-corrected chi connectivity index (χ3v) is 3.29. The Morgan fingerprint density at radius 3 is 2.55 bits per heavy atom. The summed E-state index contributed by atoms with van der Waals surface area (Å²) in [5.41, 5.74) is 2.03. The van der Waals surface area contributed by atoms with Gasteiger partial charge in [0.1, 0.15) is 5.82 Å². The first-order chi connectivity index (χ1) is 9.51. The van der Waals surface area contributed by atoms with Gasteiger partial charge in [-0.1, -0.05) is 12.1 Å². The number of benzene rings is 2. The number of ether oxygens (including phenoxy) is 1. The summed E-state index contributed by atoms with van der Waals surface area (Å²) in [5.74, 6) is -0.749. The highest BCUT2D eigenvalue weighted by Crippen LogP contribution is 2.25. The average Bonchev–Trinajstić information content (AvgIpc) is 2.42. The second kappa shape index (κ2) is 6.01. The van der Waals surface area contributed by atoms with E-state index in [0.29, 0.717) is 11.1 Å². The van der Waals surface area contributed by atoms with Crippen LogP contribution in [0.1, 0.15) is 22.8 Å². The van der Waals surface area contributed by atoms with E-state index in [1.54, 1.807) is 12.1 Å². The summed E-state index contributed by atoms with van der Waals surface area (Å²) >= 11 is 0. The van der Waals surface area contributed by atoms with Crippen molar-refractivity contribution in [2.45, 2.75) is 19.4 Å². The van der Waals surface area contributed by atoms with E-state index >= 15 is 0 Å². The number of aliphatic hydroxyl groups excluding tert-OH is 1. The third kappa shape index (κ3) is 3.14. The molecule has 2 nitrogen and oxygen atoms in total. The number of aliphatic hydroxyl groups is 1. The Labute approximate surface area is 116 Å². The molecule has 0 aliphatic rings. The average molecular weight is 278 g/mol. The molecule has 0 bridgehead atoms. The van der Waals surface area contributed by atoms with Crippen LogP contribution < -0.4 is 4.74 Å². The second-order valence-electron chi connectivity index (χ2n) is 4.68. The molecule has 1 atom stereocenters. The normalized spacial score (nSPS) is 12.2. The summed E-state index contributed by atoms with van der Waals surface area (Å²) in [5, 5.41) is 10.1. The van der Waals surface area contributed by atoms with E-state index in [9.17, 15) is 13.9 Å². The van der Waals surface area contributed by atoms with Crippen molar-refractivity contribution in [3.05, 3.63) is 64.7 Å². The van der Waals surface area contributed by atoms with E-state index in [0.717, 1.165) is 5.56 Å². The van der Waals surface area contributed by atoms with Gasteiger partial charge in [-0.3, -0.25) is 0 Å². The maximum Gasteiger partial charge on any atom is 0.165 e. The molecule has 1 N–H and O–H groups in total. The zero-order valence-electron chi connectivity index (χ0n) is 11.4. The number of rotatable bonds is 4. The highest BCUT2D eigenvalue weighted by molar-refractivity contribution is 5.33. The van der Waals surface area contributed by atoms with Gasteiger partial charge in [-0.25, -0.2) is 8.78 Å². The standard InChI is InChI=1S/C16H16F2O2/c1-10-3-5-13(17)7-12(10)9-15(19)11-4-6-16(20-2)14(18)8-11/h3-8,15,19H,9H2,1-2H3. The van der Waals surface area contributed by atoms with E-state index in [4.69, 9.17) is 4.74 Å². The predicted octanol–water partition coefficient (Wildman–Crippen LogP) is 3.56. The Bertz CT molecular complexity index is 611. The van der Waals surface area contributed by atoms with E-state index in [-0.39, 0.29) is 18.0 Å². The van der Waals surface area contributed by atoms with Crippen LogP contribution in [0, 0.1) is 18.6 Å². The molecule has 2 aromatic rings. The molecule has 20 heavy (non-hydrogen) atoms. The molecule has 106 valence electrons. The Balaban J connectivity index is 2.21. The summed E-state index contributed by atoms with van der Waals surface area (Å²) in [7, 11) is 1.38. The maximum atomic E-state index is 13.6. The van der Waals surface area contributed by atoms with Gasteiger partial charge in [0.2, 0.25) is 0 Å². The minimum Gasteiger partial charge on any atom is -0.494 e. The van der Waals surface area contributed by atoms with Crippen molar-refractivity contribution in [2.75, 3.05) is 7.11 Å². The van der Waals surface area contributed by atoms with Crippen LogP contribution in [0.15, 0.2) is 36.4 Å². The molecule has 0 aliphatic carbocycles. The zero-order valence-corrected chi connectivity index (χ0v) is 11.4. The lowest BCUT2D eigenvalue weighted by Crippen LogP contribution is -2.04. The summed E-state index contributed by atoms with van der Waals surface area (Å²) < 4.78 is 31.6. The molecule has 0 aromatic heterocycles. The van der Waals surface area contributed by atoms with Gasteiger partial charge in [-0.05, 0) is 47.9 Å². The SMILES string of the molecule is COc1ccc(C(O)Cc2cc(F)ccc2C)cc1F. The molecule has 0 saturated carbocycles. The van der Waals surface area contributed by atoms with Gasteiger partial charge in [0.05, 0.1) is 13.2 Å². The van der Waals surface area contributed by atoms with Gasteiger partial charge in [0.25, 0.3) is 0 Å². The molecule has 0 fully saturated rings. The lowest BCUT2D eigenvalue weighted by atomic mass is 9.98. The quantitative estimate of drug-likeness (QED) is 0.926. The molecule has 0 amide bonds. The first kappa shape index (κ1) is 14.5. The van der Waals surface area contributed by atoms with E-state index < -0.39 is 11.9 Å². The summed E-state index contributed by atoms with van der Waals surface area (Å²) in [6.45, 7) is 1.84. The highest BCUT2D eigenvalue weighted by atomic mass is 19.1. The maximum absolute atomic E-state index is 13.6. The zero-order chi connectivity index (χ0) is 14.7. The van der Waals surface area contributed by atoms with Crippen LogP contribution in [0.25, 0.3) is 0 Å². The molecule has 0 saturated heterocycles. The van der Waals surface area contributed by atoms with Crippen LogP contribution in [0.5, 0.6) is 5.75 Å². The Hall–Kier alpha value is -1.94. The molecule has 0 heterocycles. The summed E-state index contributed by atoms with van der Waals surface area (Å²) in [6, 6.07) is 8.72. The Kier molecular flexibility index (Phi) is 4.35. The lowest BCUT2D eigenvalue weighted by Gasteiger charge is -2.14. The van der Waals surface area contributed by atoms with Crippen molar-refractivity contribution in [1.29, 1.82) is 0 Å². The fraction of sp³-hybridized carbons (Fsp3) is 0.250. The van der Waals surface area contributed by atoms with Gasteiger partial charge in [-0.15, -0.1) is 0 Å². The van der Waals surface area contributed by atoms with Crippen LogP contribution in [-0.2, 0) is 6.42 Å². The highest BCUT2D eigenvalue weighted by Gasteiger charge is 2.13. The largest absolute Gasteiger partial charge is 0.494 e. The van der Waals surface area contributed by atoms with Crippen molar-refractivity contribution >= 4 is 0 Å². The van der Waals surface area contributed by atoms with Crippen molar-refractivity contribution in [3.8, 4) is 5.75 Å². The molecule has 1 unspecified atom stereocenters. The predicted molar refractivity (Wildman–Crippen MR) is 72.8 cm³/mol. The van der Waals surface area contributed by atoms with Crippen molar-refractivity contribution in [3.63, 3.8) is 0 Å². The summed E-state index contributed by atoms with van der Waals surface area (Å²) in [6.07, 6.45) is -0.661. The van der Waals surface area contributed by atoms with Crippen LogP contribution >= 0.6 is 0 Å². The number of methoxy groups -OCH3 is 1. The van der Waals surface area contributed by atoms with Crippen LogP contribution in [0.2, 0.25) is 0 Å². The topological polar surface area (TPSA) is 29.5 Å². The second-order valence-corrected chi connectivity index (χ2v) is 4.68. The van der Waals surface area contributed by atoms with Crippen molar-refractivity contribution in [1.82, 2.24) is 0 Å². The van der Waals surface area contributed by atoms with Gasteiger partial charge in [0.15, 0.2) is 11.6 Å². The Morgan fingerprint density at radius 1 is 1.15 bits per heavy atom. The van der Waals surface area contributed by atoms with E-state index in [2.05, 4.69) is 0 Å². The van der Waals surface area contributed by atoms with Gasteiger partial charge in [0, 0.05) is 6.42 Å². The first-order valence-corrected chi connectivity index (χ1v) is 6.28. The Morgan fingerprint density at radius 2 is 1.90 bits per heavy atom. The fourth-order valence-electron chi connectivity index (χ4n) is 2.08. The molecule has 4 heteroatoms. The molecule has 2 rings (SSSR count). The van der Waals surface area contributed by atoms with Gasteiger partial charge >= 0.3 is 0 Å². The number of hydrogen-bond donors (Lipinski definition) is 1. The smallest absolute Gasteiger partial charge is 0.165 e. The van der Waals surface area contributed by atoms with Crippen molar-refractivity contribution in [2.24, 2.45) is 0 Å². The van der Waals surface area contributed by atoms with E-state index in [1.165, 1.54) is 31.4 Å². The minimum absolute atomic E-state index is 0.128. The monoisotopic (exact) mass is 278 g/mol. The van der Waals surface area contributed by atoms with Gasteiger partial charge < -0.3 is 9.84 Å². The molecule has 0 radical (unpaired) electrons. The molecular weight excluding hydrogens is 262 g/mol. The van der Waals surface area contributed by atoms with Crippen LogP contribution in [0.3, 0.4) is 0 Å². The molecular formula is C16H16F2O2. The van der Waals surface area contributed by atoms with Gasteiger partial charge in [-0.2, -0.15) is 0 Å². The van der Waals surface area contributed by atoms with Crippen LogP contribution in [0.4, 0.5) is 8.78 Å². The number of hydrogen-bond acceptors (Lipinski definition) is 2. The number of halogens is 2. The fourth-order valence-corrected chi connectivity index (χ4v) is 2.08. The third-order valence-electron chi connectivity index (χ3n) is 3.29. The molecule has 0 spiro atoms. The number of aryl methyl sites for hydroxylation is 1.